The maximum atomic E-state index is 6.01. The summed E-state index contributed by atoms with van der Waals surface area (Å²) < 4.78 is 11.4. The van der Waals surface area contributed by atoms with Crippen molar-refractivity contribution in [2.75, 3.05) is 7.11 Å². The van der Waals surface area contributed by atoms with Crippen LogP contribution in [-0.2, 0) is 19.7 Å². The molecule has 0 amide bonds. The summed E-state index contributed by atoms with van der Waals surface area (Å²) in [4.78, 5) is 4.14. The number of aromatic nitrogens is 1. The molecule has 3 aromatic rings. The predicted octanol–water partition coefficient (Wildman–Crippen LogP) is 3.59. The average molecular weight is 370 g/mol. The van der Waals surface area contributed by atoms with Gasteiger partial charge >= 0.3 is 0 Å². The van der Waals surface area contributed by atoms with Gasteiger partial charge < -0.3 is 14.8 Å². The molecule has 0 saturated heterocycles. The molecule has 0 aliphatic carbocycles. The molecule has 0 aliphatic rings. The monoisotopic (exact) mass is 369 g/mol. The smallest absolute Gasteiger partial charge is 0.161 e. The fourth-order valence-electron chi connectivity index (χ4n) is 2.67. The van der Waals surface area contributed by atoms with Gasteiger partial charge in [-0.3, -0.25) is 4.98 Å². The summed E-state index contributed by atoms with van der Waals surface area (Å²) in [6, 6.07) is 17.7. The number of hydrogen-bond acceptors (Lipinski definition) is 3. The van der Waals surface area contributed by atoms with Gasteiger partial charge in [0, 0.05) is 28.5 Å². The fraction of sp³-hybridized carbons (Fsp3) is 0.190. The first-order chi connectivity index (χ1) is 12.7. The van der Waals surface area contributed by atoms with Gasteiger partial charge in [0.1, 0.15) is 19.7 Å². The summed E-state index contributed by atoms with van der Waals surface area (Å²) in [5.41, 5.74) is 3.41. The summed E-state index contributed by atoms with van der Waals surface area (Å²) in [7, 11) is 1.66. The highest BCUT2D eigenvalue weighted by molar-refractivity contribution is 6.30. The molecule has 134 valence electrons. The molecule has 1 aromatic heterocycles. The number of quaternary nitrogens is 1. The lowest BCUT2D eigenvalue weighted by Crippen LogP contribution is -2.80. The van der Waals surface area contributed by atoms with Crippen LogP contribution in [0.1, 0.15) is 16.7 Å². The molecule has 0 atom stereocenters. The minimum atomic E-state index is 0.448. The zero-order valence-electron chi connectivity index (χ0n) is 14.7. The lowest BCUT2D eigenvalue weighted by molar-refractivity contribution is -0.686. The SMILES string of the molecule is COc1cc(C[NH2+]Cc2cccnc2)ccc1OCc1cccc(Cl)c1. The predicted molar refractivity (Wildman–Crippen MR) is 102 cm³/mol. The zero-order chi connectivity index (χ0) is 18.2. The van der Waals surface area contributed by atoms with Crippen LogP contribution in [0.15, 0.2) is 67.0 Å². The summed E-state index contributed by atoms with van der Waals surface area (Å²) in [5, 5.41) is 2.94. The molecule has 0 spiro atoms. The van der Waals surface area contributed by atoms with Crippen LogP contribution in [-0.4, -0.2) is 12.1 Å². The second-order valence-corrected chi connectivity index (χ2v) is 6.40. The van der Waals surface area contributed by atoms with Crippen LogP contribution in [0, 0.1) is 0 Å². The average Bonchev–Trinajstić information content (AvgIpc) is 2.67. The van der Waals surface area contributed by atoms with Crippen molar-refractivity contribution >= 4 is 11.6 Å². The molecule has 1 heterocycles. The molecular weight excluding hydrogens is 348 g/mol. The standard InChI is InChI=1S/C21H21ClN2O2/c1-25-21-11-16(12-24-14-18-5-3-9-23-13-18)7-8-20(21)26-15-17-4-2-6-19(22)10-17/h2-11,13,24H,12,14-15H2,1H3/p+1. The lowest BCUT2D eigenvalue weighted by Gasteiger charge is -2.12. The van der Waals surface area contributed by atoms with E-state index >= 15 is 0 Å². The highest BCUT2D eigenvalue weighted by atomic mass is 35.5. The van der Waals surface area contributed by atoms with Crippen molar-refractivity contribution in [2.45, 2.75) is 19.7 Å². The van der Waals surface area contributed by atoms with Crippen LogP contribution in [0.3, 0.4) is 0 Å². The third kappa shape index (κ3) is 5.22. The molecular formula is C21H22ClN2O2+. The highest BCUT2D eigenvalue weighted by Gasteiger charge is 2.08. The van der Waals surface area contributed by atoms with Gasteiger partial charge in [0.05, 0.1) is 7.11 Å². The van der Waals surface area contributed by atoms with Crippen molar-refractivity contribution in [1.29, 1.82) is 0 Å². The van der Waals surface area contributed by atoms with Gasteiger partial charge in [0.25, 0.3) is 0 Å². The summed E-state index contributed by atoms with van der Waals surface area (Å²) in [6.45, 7) is 2.20. The molecule has 26 heavy (non-hydrogen) atoms. The number of hydrogen-bond donors (Lipinski definition) is 1. The van der Waals surface area contributed by atoms with E-state index in [1.165, 1.54) is 11.1 Å². The molecule has 2 N–H and O–H groups in total. The maximum absolute atomic E-state index is 6.01. The molecule has 0 fully saturated rings. The Morgan fingerprint density at radius 3 is 2.54 bits per heavy atom. The van der Waals surface area contributed by atoms with Crippen LogP contribution in [0.25, 0.3) is 0 Å². The molecule has 5 heteroatoms. The molecule has 0 aliphatic heterocycles. The normalized spacial score (nSPS) is 10.5. The van der Waals surface area contributed by atoms with Crippen molar-refractivity contribution in [2.24, 2.45) is 0 Å². The zero-order valence-corrected chi connectivity index (χ0v) is 15.4. The van der Waals surface area contributed by atoms with Crippen LogP contribution in [0.5, 0.6) is 11.5 Å². The van der Waals surface area contributed by atoms with Crippen molar-refractivity contribution in [1.82, 2.24) is 4.98 Å². The summed E-state index contributed by atoms with van der Waals surface area (Å²) >= 11 is 6.01. The van der Waals surface area contributed by atoms with E-state index in [4.69, 9.17) is 21.1 Å². The van der Waals surface area contributed by atoms with Gasteiger partial charge in [-0.25, -0.2) is 0 Å². The van der Waals surface area contributed by atoms with Crippen LogP contribution in [0.4, 0.5) is 0 Å². The van der Waals surface area contributed by atoms with E-state index in [-0.39, 0.29) is 0 Å². The first kappa shape index (κ1) is 18.2. The Balaban J connectivity index is 1.58. The van der Waals surface area contributed by atoms with Crippen molar-refractivity contribution < 1.29 is 14.8 Å². The van der Waals surface area contributed by atoms with Gasteiger partial charge in [0.2, 0.25) is 0 Å². The molecule has 0 bridgehead atoms. The molecule has 4 nitrogen and oxygen atoms in total. The van der Waals surface area contributed by atoms with E-state index in [0.29, 0.717) is 11.6 Å². The van der Waals surface area contributed by atoms with Crippen LogP contribution >= 0.6 is 11.6 Å². The van der Waals surface area contributed by atoms with Gasteiger partial charge in [-0.15, -0.1) is 0 Å². The van der Waals surface area contributed by atoms with E-state index in [1.54, 1.807) is 13.3 Å². The quantitative estimate of drug-likeness (QED) is 0.660. The van der Waals surface area contributed by atoms with Crippen molar-refractivity contribution in [3.8, 4) is 11.5 Å². The fourth-order valence-corrected chi connectivity index (χ4v) is 2.88. The Hall–Kier alpha value is -2.56. The molecule has 0 unspecified atom stereocenters. The molecule has 2 aromatic carbocycles. The first-order valence-electron chi connectivity index (χ1n) is 8.49. The van der Waals surface area contributed by atoms with Gasteiger partial charge in [-0.2, -0.15) is 0 Å². The van der Waals surface area contributed by atoms with Crippen LogP contribution in [0.2, 0.25) is 5.02 Å². The van der Waals surface area contributed by atoms with Gasteiger partial charge in [0.15, 0.2) is 11.5 Å². The van der Waals surface area contributed by atoms with E-state index < -0.39 is 0 Å². The lowest BCUT2D eigenvalue weighted by atomic mass is 10.2. The van der Waals surface area contributed by atoms with Gasteiger partial charge in [-0.1, -0.05) is 29.8 Å². The second kappa shape index (κ2) is 9.22. The summed E-state index contributed by atoms with van der Waals surface area (Å²) in [5.74, 6) is 1.46. The number of halogens is 1. The third-order valence-corrected chi connectivity index (χ3v) is 4.23. The van der Waals surface area contributed by atoms with Gasteiger partial charge in [-0.05, 0) is 42.0 Å². The number of pyridine rings is 1. The first-order valence-corrected chi connectivity index (χ1v) is 8.87. The van der Waals surface area contributed by atoms with E-state index in [9.17, 15) is 0 Å². The Kier molecular flexibility index (Phi) is 6.47. The number of benzene rings is 2. The number of methoxy groups -OCH3 is 1. The maximum Gasteiger partial charge on any atom is 0.161 e. The molecule has 3 rings (SSSR count). The molecule has 0 saturated carbocycles. The van der Waals surface area contributed by atoms with E-state index in [1.807, 2.05) is 48.7 Å². The Labute approximate surface area is 158 Å². The number of nitrogens with zero attached hydrogens (tertiary/aromatic N) is 1. The van der Waals surface area contributed by atoms with E-state index in [0.717, 1.165) is 30.2 Å². The van der Waals surface area contributed by atoms with Crippen molar-refractivity contribution in [3.63, 3.8) is 0 Å². The third-order valence-electron chi connectivity index (χ3n) is 3.99. The second-order valence-electron chi connectivity index (χ2n) is 5.96. The number of rotatable bonds is 8. The largest absolute Gasteiger partial charge is 0.493 e. The number of ether oxygens (including phenoxy) is 2. The minimum absolute atomic E-state index is 0.448. The molecule has 0 radical (unpaired) electrons. The minimum Gasteiger partial charge on any atom is -0.493 e. The Morgan fingerprint density at radius 1 is 0.923 bits per heavy atom. The van der Waals surface area contributed by atoms with Crippen LogP contribution < -0.4 is 14.8 Å². The number of nitrogens with two attached hydrogens (primary N) is 1. The topological polar surface area (TPSA) is 48.0 Å². The highest BCUT2D eigenvalue weighted by Crippen LogP contribution is 2.28. The summed E-state index contributed by atoms with van der Waals surface area (Å²) in [6.07, 6.45) is 3.68. The van der Waals surface area contributed by atoms with E-state index in [2.05, 4.69) is 22.4 Å². The van der Waals surface area contributed by atoms with Crippen molar-refractivity contribution in [3.05, 3.63) is 88.7 Å². The Bertz CT molecular complexity index is 840. The Morgan fingerprint density at radius 2 is 1.77 bits per heavy atom.